The van der Waals surface area contributed by atoms with Gasteiger partial charge in [-0.1, -0.05) is 36.2 Å². The Bertz CT molecular complexity index is 397. The van der Waals surface area contributed by atoms with Crippen LogP contribution in [0.15, 0.2) is 29.8 Å². The van der Waals surface area contributed by atoms with E-state index in [2.05, 4.69) is 18.3 Å². The van der Waals surface area contributed by atoms with E-state index < -0.39 is 0 Å². The van der Waals surface area contributed by atoms with Crippen LogP contribution in [0.5, 0.6) is 0 Å². The highest BCUT2D eigenvalue weighted by atomic mass is 35.5. The average Bonchev–Trinajstić information content (AvgIpc) is 2.27. The van der Waals surface area contributed by atoms with Crippen molar-refractivity contribution in [3.05, 3.63) is 46.3 Å². The zero-order valence-corrected chi connectivity index (χ0v) is 11.3. The van der Waals surface area contributed by atoms with Crippen molar-refractivity contribution in [3.8, 4) is 0 Å². The maximum Gasteiger partial charge on any atom is 0.141 e. The molecular formula is C14H19ClFN. The van der Waals surface area contributed by atoms with Crippen molar-refractivity contribution in [1.82, 2.24) is 5.32 Å². The van der Waals surface area contributed by atoms with E-state index in [1.807, 2.05) is 13.8 Å². The summed E-state index contributed by atoms with van der Waals surface area (Å²) in [6, 6.07) is 4.97. The highest BCUT2D eigenvalue weighted by Gasteiger charge is 2.09. The first-order valence-electron chi connectivity index (χ1n) is 5.88. The molecular weight excluding hydrogens is 237 g/mol. The van der Waals surface area contributed by atoms with Crippen LogP contribution in [-0.4, -0.2) is 6.54 Å². The maximum absolute atomic E-state index is 13.1. The van der Waals surface area contributed by atoms with Crippen molar-refractivity contribution >= 4 is 11.6 Å². The quantitative estimate of drug-likeness (QED) is 0.765. The van der Waals surface area contributed by atoms with Gasteiger partial charge in [0.05, 0.1) is 11.1 Å². The smallest absolute Gasteiger partial charge is 0.141 e. The molecule has 1 unspecified atom stereocenters. The Morgan fingerprint density at radius 3 is 2.71 bits per heavy atom. The van der Waals surface area contributed by atoms with Crippen LogP contribution in [0.4, 0.5) is 4.39 Å². The molecule has 1 aromatic rings. The number of hydrogen-bond acceptors (Lipinski definition) is 1. The van der Waals surface area contributed by atoms with Gasteiger partial charge in [-0.3, -0.25) is 0 Å². The minimum Gasteiger partial charge on any atom is -0.307 e. The maximum atomic E-state index is 13.1. The molecule has 1 nitrogen and oxygen atoms in total. The van der Waals surface area contributed by atoms with Gasteiger partial charge in [-0.25, -0.2) is 4.39 Å². The molecule has 0 fully saturated rings. The van der Waals surface area contributed by atoms with Crippen molar-refractivity contribution in [2.24, 2.45) is 0 Å². The Kier molecular flexibility index (Phi) is 5.66. The number of allylic oxidation sites excluding steroid dienone is 1. The van der Waals surface area contributed by atoms with Gasteiger partial charge in [-0.15, -0.1) is 0 Å². The van der Waals surface area contributed by atoms with Crippen molar-refractivity contribution in [3.63, 3.8) is 0 Å². The second-order valence-corrected chi connectivity index (χ2v) is 4.76. The summed E-state index contributed by atoms with van der Waals surface area (Å²) in [7, 11) is 0. The van der Waals surface area contributed by atoms with Crippen LogP contribution >= 0.6 is 11.6 Å². The summed E-state index contributed by atoms with van der Waals surface area (Å²) in [5.74, 6) is -0.373. The molecule has 0 aliphatic heterocycles. The van der Waals surface area contributed by atoms with Gasteiger partial charge in [0.2, 0.25) is 0 Å². The van der Waals surface area contributed by atoms with Crippen LogP contribution in [-0.2, 0) is 0 Å². The minimum absolute atomic E-state index is 0.0954. The predicted molar refractivity (Wildman–Crippen MR) is 71.9 cm³/mol. The zero-order valence-electron chi connectivity index (χ0n) is 10.6. The molecule has 1 aromatic carbocycles. The monoisotopic (exact) mass is 255 g/mol. The third kappa shape index (κ3) is 4.49. The van der Waals surface area contributed by atoms with Crippen LogP contribution in [0.2, 0.25) is 5.02 Å². The lowest BCUT2D eigenvalue weighted by Crippen LogP contribution is -2.20. The normalized spacial score (nSPS) is 12.3. The number of nitrogens with one attached hydrogen (secondary N) is 1. The molecule has 0 saturated heterocycles. The van der Waals surface area contributed by atoms with E-state index in [-0.39, 0.29) is 16.9 Å². The van der Waals surface area contributed by atoms with Gasteiger partial charge in [-0.2, -0.15) is 0 Å². The van der Waals surface area contributed by atoms with Gasteiger partial charge < -0.3 is 5.32 Å². The van der Waals surface area contributed by atoms with Crippen LogP contribution in [0, 0.1) is 5.82 Å². The predicted octanol–water partition coefficient (Wildman–Crippen LogP) is 4.49. The lowest BCUT2D eigenvalue weighted by atomic mass is 10.0. The molecule has 0 heterocycles. The first-order valence-corrected chi connectivity index (χ1v) is 6.25. The average molecular weight is 256 g/mol. The van der Waals surface area contributed by atoms with Crippen LogP contribution < -0.4 is 5.32 Å². The molecule has 3 heteroatoms. The van der Waals surface area contributed by atoms with E-state index >= 15 is 0 Å². The number of rotatable bonds is 5. The van der Waals surface area contributed by atoms with Crippen LogP contribution in [0.1, 0.15) is 38.8 Å². The highest BCUT2D eigenvalue weighted by Crippen LogP contribution is 2.22. The Hall–Kier alpha value is -0.860. The minimum atomic E-state index is -0.373. The van der Waals surface area contributed by atoms with Crippen molar-refractivity contribution in [2.75, 3.05) is 6.54 Å². The third-order valence-electron chi connectivity index (χ3n) is 2.42. The Balaban J connectivity index is 2.95. The molecule has 94 valence electrons. The molecule has 0 aliphatic rings. The van der Waals surface area contributed by atoms with Gasteiger partial charge in [0.25, 0.3) is 0 Å². The molecule has 1 rings (SSSR count). The molecule has 17 heavy (non-hydrogen) atoms. The molecule has 1 N–H and O–H groups in total. The fraction of sp³-hybridized carbons (Fsp3) is 0.429. The van der Waals surface area contributed by atoms with Gasteiger partial charge in [-0.05, 0) is 44.5 Å². The van der Waals surface area contributed by atoms with Crippen LogP contribution in [0.25, 0.3) is 0 Å². The molecule has 0 aromatic heterocycles. The second kappa shape index (κ2) is 6.77. The van der Waals surface area contributed by atoms with E-state index in [0.29, 0.717) is 0 Å². The Morgan fingerprint density at radius 1 is 1.47 bits per heavy atom. The lowest BCUT2D eigenvalue weighted by molar-refractivity contribution is 0.602. The first kappa shape index (κ1) is 14.2. The van der Waals surface area contributed by atoms with Crippen LogP contribution in [0.3, 0.4) is 0 Å². The number of halogens is 2. The molecule has 0 bridgehead atoms. The fourth-order valence-electron chi connectivity index (χ4n) is 1.61. The van der Waals surface area contributed by atoms with Gasteiger partial charge in [0.1, 0.15) is 5.82 Å². The number of hydrogen-bond donors (Lipinski definition) is 1. The second-order valence-electron chi connectivity index (χ2n) is 4.35. The third-order valence-corrected chi connectivity index (χ3v) is 2.71. The zero-order chi connectivity index (χ0) is 12.8. The summed E-state index contributed by atoms with van der Waals surface area (Å²) in [5.41, 5.74) is 2.21. The van der Waals surface area contributed by atoms with Gasteiger partial charge >= 0.3 is 0 Å². The summed E-state index contributed by atoms with van der Waals surface area (Å²) in [5, 5.41) is 3.58. The lowest BCUT2D eigenvalue weighted by Gasteiger charge is -2.16. The molecule has 0 aliphatic carbocycles. The highest BCUT2D eigenvalue weighted by molar-refractivity contribution is 6.30. The largest absolute Gasteiger partial charge is 0.307 e. The van der Waals surface area contributed by atoms with Crippen molar-refractivity contribution < 1.29 is 4.39 Å². The Morgan fingerprint density at radius 2 is 2.18 bits per heavy atom. The van der Waals surface area contributed by atoms with Crippen molar-refractivity contribution in [1.29, 1.82) is 0 Å². The summed E-state index contributed by atoms with van der Waals surface area (Å²) in [6.07, 6.45) is 3.18. The molecule has 0 radical (unpaired) electrons. The van der Waals surface area contributed by atoms with E-state index in [0.717, 1.165) is 18.5 Å². The summed E-state index contributed by atoms with van der Waals surface area (Å²) < 4.78 is 13.1. The Labute approximate surface area is 108 Å². The standard InChI is InChI=1S/C14H19ClFN/c1-4-7-17-14(8-10(2)3)11-5-6-13(16)12(15)9-11/h5-6,8-9,14,17H,4,7H2,1-3H3. The first-order chi connectivity index (χ1) is 8.04. The van der Waals surface area contributed by atoms with E-state index in [9.17, 15) is 4.39 Å². The van der Waals surface area contributed by atoms with E-state index in [4.69, 9.17) is 11.6 Å². The molecule has 0 saturated carbocycles. The van der Waals surface area contributed by atoms with E-state index in [1.165, 1.54) is 11.6 Å². The van der Waals surface area contributed by atoms with E-state index in [1.54, 1.807) is 12.1 Å². The SMILES string of the molecule is CCCNC(C=C(C)C)c1ccc(F)c(Cl)c1. The molecule has 1 atom stereocenters. The van der Waals surface area contributed by atoms with Gasteiger partial charge in [0.15, 0.2) is 0 Å². The summed E-state index contributed by atoms with van der Waals surface area (Å²) in [4.78, 5) is 0. The fourth-order valence-corrected chi connectivity index (χ4v) is 1.80. The molecule has 0 amide bonds. The topological polar surface area (TPSA) is 12.0 Å². The number of benzene rings is 1. The summed E-state index contributed by atoms with van der Waals surface area (Å²) in [6.45, 7) is 7.13. The van der Waals surface area contributed by atoms with Gasteiger partial charge in [0, 0.05) is 0 Å². The summed E-state index contributed by atoms with van der Waals surface area (Å²) >= 11 is 5.81. The van der Waals surface area contributed by atoms with Crippen molar-refractivity contribution in [2.45, 2.75) is 33.2 Å². The molecule has 0 spiro atoms.